The van der Waals surface area contributed by atoms with Crippen molar-refractivity contribution in [3.8, 4) is 5.75 Å². The Morgan fingerprint density at radius 3 is 2.15 bits per heavy atom. The number of hydrogen-bond acceptors (Lipinski definition) is 6. The van der Waals surface area contributed by atoms with Crippen LogP contribution in [0, 0.1) is 6.92 Å². The van der Waals surface area contributed by atoms with Gasteiger partial charge in [0.25, 0.3) is 11.7 Å². The van der Waals surface area contributed by atoms with E-state index in [-0.39, 0.29) is 11.3 Å². The van der Waals surface area contributed by atoms with E-state index in [2.05, 4.69) is 0 Å². The molecule has 3 aromatic rings. The molecule has 1 amide bonds. The van der Waals surface area contributed by atoms with Crippen molar-refractivity contribution in [2.45, 2.75) is 13.0 Å². The van der Waals surface area contributed by atoms with E-state index in [0.717, 1.165) is 5.56 Å². The van der Waals surface area contributed by atoms with Crippen LogP contribution in [-0.2, 0) is 14.3 Å². The summed E-state index contributed by atoms with van der Waals surface area (Å²) in [6, 6.07) is 19.4. The fourth-order valence-corrected chi connectivity index (χ4v) is 4.11. The average Bonchev–Trinajstić information content (AvgIpc) is 3.14. The number of amides is 1. The molecule has 3 aromatic carbocycles. The third-order valence-electron chi connectivity index (χ3n) is 5.79. The van der Waals surface area contributed by atoms with Crippen LogP contribution in [0.5, 0.6) is 5.75 Å². The van der Waals surface area contributed by atoms with Crippen LogP contribution in [0.3, 0.4) is 0 Å². The lowest BCUT2D eigenvalue weighted by Crippen LogP contribution is -2.29. The summed E-state index contributed by atoms with van der Waals surface area (Å²) < 4.78 is 10.0. The van der Waals surface area contributed by atoms with E-state index in [9.17, 15) is 19.5 Å². The number of methoxy groups -OCH3 is 2. The molecule has 4 rings (SSSR count). The number of esters is 1. The van der Waals surface area contributed by atoms with Gasteiger partial charge in [-0.05, 0) is 60.5 Å². The maximum absolute atomic E-state index is 13.2. The minimum absolute atomic E-state index is 0.0159. The predicted molar refractivity (Wildman–Crippen MR) is 127 cm³/mol. The Labute approximate surface area is 196 Å². The molecule has 7 nitrogen and oxygen atoms in total. The molecule has 0 radical (unpaired) electrons. The van der Waals surface area contributed by atoms with Crippen LogP contribution < -0.4 is 9.64 Å². The topological polar surface area (TPSA) is 93.1 Å². The Hall–Kier alpha value is -4.39. The molecular weight excluding hydrogens is 434 g/mol. The number of ether oxygens (including phenoxy) is 2. The number of benzene rings is 3. The van der Waals surface area contributed by atoms with Gasteiger partial charge in [0.1, 0.15) is 11.5 Å². The molecule has 0 bridgehead atoms. The zero-order chi connectivity index (χ0) is 24.4. The number of nitrogens with zero attached hydrogens (tertiary/aromatic N) is 1. The molecule has 0 spiro atoms. The monoisotopic (exact) mass is 457 g/mol. The highest BCUT2D eigenvalue weighted by atomic mass is 16.5. The van der Waals surface area contributed by atoms with Gasteiger partial charge in [0.15, 0.2) is 0 Å². The van der Waals surface area contributed by atoms with Gasteiger partial charge < -0.3 is 14.6 Å². The van der Waals surface area contributed by atoms with Crippen LogP contribution in [0.15, 0.2) is 78.4 Å². The van der Waals surface area contributed by atoms with Gasteiger partial charge in [0.2, 0.25) is 0 Å². The molecular formula is C27H23NO6. The first-order chi connectivity index (χ1) is 16.4. The summed E-state index contributed by atoms with van der Waals surface area (Å²) in [6.07, 6.45) is 0. The molecule has 1 aliphatic rings. The highest BCUT2D eigenvalue weighted by Crippen LogP contribution is 2.42. The van der Waals surface area contributed by atoms with Gasteiger partial charge in [-0.15, -0.1) is 0 Å². The number of carbonyl (C=O) groups excluding carboxylic acids is 3. The number of carbonyl (C=O) groups is 3. The molecule has 1 aliphatic heterocycles. The van der Waals surface area contributed by atoms with Crippen molar-refractivity contribution in [1.29, 1.82) is 0 Å². The lowest BCUT2D eigenvalue weighted by molar-refractivity contribution is -0.132. The number of rotatable bonds is 5. The highest BCUT2D eigenvalue weighted by molar-refractivity contribution is 6.51. The smallest absolute Gasteiger partial charge is 0.337 e. The van der Waals surface area contributed by atoms with Crippen LogP contribution in [0.1, 0.15) is 33.1 Å². The van der Waals surface area contributed by atoms with Crippen LogP contribution in [0.2, 0.25) is 0 Å². The molecule has 1 saturated heterocycles. The summed E-state index contributed by atoms with van der Waals surface area (Å²) in [5.41, 5.74) is 2.54. The molecule has 1 heterocycles. The molecule has 0 aromatic heterocycles. The number of ketones is 1. The summed E-state index contributed by atoms with van der Waals surface area (Å²) >= 11 is 0. The minimum Gasteiger partial charge on any atom is -0.507 e. The minimum atomic E-state index is -0.854. The molecule has 34 heavy (non-hydrogen) atoms. The van der Waals surface area contributed by atoms with E-state index < -0.39 is 23.7 Å². The molecule has 1 fully saturated rings. The second kappa shape index (κ2) is 9.23. The maximum atomic E-state index is 13.2. The van der Waals surface area contributed by atoms with E-state index in [1.54, 1.807) is 61.7 Å². The van der Waals surface area contributed by atoms with Crippen molar-refractivity contribution in [1.82, 2.24) is 0 Å². The molecule has 1 N–H and O–H groups in total. The van der Waals surface area contributed by atoms with Gasteiger partial charge in [-0.2, -0.15) is 0 Å². The van der Waals surface area contributed by atoms with Crippen LogP contribution >= 0.6 is 0 Å². The Morgan fingerprint density at radius 1 is 0.912 bits per heavy atom. The summed E-state index contributed by atoms with van der Waals surface area (Å²) in [5, 5.41) is 11.2. The third kappa shape index (κ3) is 3.92. The lowest BCUT2D eigenvalue weighted by Gasteiger charge is -2.25. The molecule has 172 valence electrons. The second-order valence-electron chi connectivity index (χ2n) is 7.80. The van der Waals surface area contributed by atoms with Crippen molar-refractivity contribution in [3.05, 3.63) is 101 Å². The van der Waals surface area contributed by atoms with Crippen LogP contribution in [0.4, 0.5) is 5.69 Å². The number of anilines is 1. The van der Waals surface area contributed by atoms with E-state index >= 15 is 0 Å². The van der Waals surface area contributed by atoms with E-state index in [0.29, 0.717) is 28.1 Å². The summed E-state index contributed by atoms with van der Waals surface area (Å²) in [5.74, 6) is -1.71. The van der Waals surface area contributed by atoms with Crippen molar-refractivity contribution >= 4 is 29.1 Å². The van der Waals surface area contributed by atoms with Gasteiger partial charge >= 0.3 is 5.97 Å². The van der Waals surface area contributed by atoms with Gasteiger partial charge in [-0.1, -0.05) is 30.3 Å². The molecule has 0 aliphatic carbocycles. The lowest BCUT2D eigenvalue weighted by atomic mass is 9.94. The Balaban J connectivity index is 1.88. The quantitative estimate of drug-likeness (QED) is 0.264. The van der Waals surface area contributed by atoms with Crippen molar-refractivity contribution < 1.29 is 29.0 Å². The Kier molecular flexibility index (Phi) is 6.19. The number of Topliss-reactive ketones (excluding diaryl/α,β-unsaturated/α-hetero) is 1. The molecule has 0 saturated carbocycles. The first-order valence-electron chi connectivity index (χ1n) is 10.6. The van der Waals surface area contributed by atoms with E-state index in [4.69, 9.17) is 9.47 Å². The molecule has 1 unspecified atom stereocenters. The zero-order valence-corrected chi connectivity index (χ0v) is 18.9. The number of aryl methyl sites for hydroxylation is 1. The first kappa shape index (κ1) is 22.8. The fourth-order valence-electron chi connectivity index (χ4n) is 4.11. The first-order valence-corrected chi connectivity index (χ1v) is 10.6. The fraction of sp³-hybridized carbons (Fsp3) is 0.148. The average molecular weight is 457 g/mol. The Bertz CT molecular complexity index is 1290. The van der Waals surface area contributed by atoms with Gasteiger partial charge in [0, 0.05) is 11.3 Å². The highest BCUT2D eigenvalue weighted by Gasteiger charge is 2.46. The van der Waals surface area contributed by atoms with Gasteiger partial charge in [-0.25, -0.2) is 4.79 Å². The third-order valence-corrected chi connectivity index (χ3v) is 5.79. The SMILES string of the molecule is COC(=O)c1ccc(N2C(=O)C(=O)/C(=C(\O)c3ccc(OC)c(C)c3)C2c2ccccc2)cc1. The summed E-state index contributed by atoms with van der Waals surface area (Å²) in [4.78, 5) is 39.6. The largest absolute Gasteiger partial charge is 0.507 e. The van der Waals surface area contributed by atoms with Crippen molar-refractivity contribution in [2.75, 3.05) is 19.1 Å². The van der Waals surface area contributed by atoms with Crippen molar-refractivity contribution in [2.24, 2.45) is 0 Å². The zero-order valence-electron chi connectivity index (χ0n) is 18.9. The Morgan fingerprint density at radius 2 is 1.56 bits per heavy atom. The number of aliphatic hydroxyl groups excluding tert-OH is 1. The summed E-state index contributed by atoms with van der Waals surface area (Å²) in [7, 11) is 2.83. The second-order valence-corrected chi connectivity index (χ2v) is 7.80. The maximum Gasteiger partial charge on any atom is 0.337 e. The molecule has 7 heteroatoms. The van der Waals surface area contributed by atoms with Gasteiger partial charge in [0.05, 0.1) is 31.4 Å². The number of hydrogen-bond donors (Lipinski definition) is 1. The van der Waals surface area contributed by atoms with Crippen molar-refractivity contribution in [3.63, 3.8) is 0 Å². The summed E-state index contributed by atoms with van der Waals surface area (Å²) in [6.45, 7) is 1.83. The normalized spacial score (nSPS) is 17.0. The van der Waals surface area contributed by atoms with Crippen LogP contribution in [-0.4, -0.2) is 37.0 Å². The van der Waals surface area contributed by atoms with Gasteiger partial charge in [-0.3, -0.25) is 14.5 Å². The van der Waals surface area contributed by atoms with E-state index in [1.807, 2.05) is 13.0 Å². The number of aliphatic hydroxyl groups is 1. The van der Waals surface area contributed by atoms with Crippen LogP contribution in [0.25, 0.3) is 5.76 Å². The standard InChI is InChI=1S/C27H23NO6/c1-16-15-19(11-14-21(16)33-2)24(29)22-23(17-7-5-4-6-8-17)28(26(31)25(22)30)20-12-9-18(10-13-20)27(32)34-3/h4-15,23,29H,1-3H3/b24-22-. The van der Waals surface area contributed by atoms with E-state index in [1.165, 1.54) is 24.1 Å². The molecule has 1 atom stereocenters. The predicted octanol–water partition coefficient (Wildman–Crippen LogP) is 4.42.